The smallest absolute Gasteiger partial charge is 0.217 e. The Labute approximate surface area is 125 Å². The van der Waals surface area contributed by atoms with Crippen LogP contribution in [0.15, 0.2) is 11.4 Å². The van der Waals surface area contributed by atoms with Crippen LogP contribution in [0.25, 0.3) is 0 Å². The van der Waals surface area contributed by atoms with E-state index >= 15 is 0 Å². The third-order valence-corrected chi connectivity index (χ3v) is 6.74. The molecular weight excluding hydrogens is 292 g/mol. The second kappa shape index (κ2) is 6.72. The fourth-order valence-electron chi connectivity index (χ4n) is 2.45. The maximum Gasteiger partial charge on any atom is 0.217 e. The summed E-state index contributed by atoms with van der Waals surface area (Å²) in [6.45, 7) is 0.753. The largest absolute Gasteiger partial charge is 0.320 e. The fourth-order valence-corrected chi connectivity index (χ4v) is 4.99. The summed E-state index contributed by atoms with van der Waals surface area (Å²) in [6.07, 6.45) is 3.64. The van der Waals surface area contributed by atoms with Gasteiger partial charge < -0.3 is 5.73 Å². The molecule has 0 radical (unpaired) electrons. The van der Waals surface area contributed by atoms with Crippen LogP contribution < -0.4 is 5.73 Å². The van der Waals surface area contributed by atoms with Gasteiger partial charge >= 0.3 is 0 Å². The number of hydrogen-bond acceptors (Lipinski definition) is 4. The number of thiophene rings is 1. The lowest BCUT2D eigenvalue weighted by Crippen LogP contribution is -2.34. The Kier molecular flexibility index (Phi) is 5.22. The molecule has 1 heterocycles. The van der Waals surface area contributed by atoms with E-state index in [-0.39, 0.29) is 5.25 Å². The highest BCUT2D eigenvalue weighted by atomic mass is 32.2. The minimum atomic E-state index is -3.16. The van der Waals surface area contributed by atoms with Crippen molar-refractivity contribution >= 4 is 21.4 Å². The molecule has 0 spiro atoms. The fraction of sp³-hybridized carbons (Fsp3) is 0.571. The minimum Gasteiger partial charge on any atom is -0.320 e. The van der Waals surface area contributed by atoms with E-state index in [1.54, 1.807) is 7.05 Å². The Hall–Kier alpha value is -0.870. The van der Waals surface area contributed by atoms with E-state index in [1.807, 2.05) is 11.4 Å². The lowest BCUT2D eigenvalue weighted by molar-refractivity contribution is 0.455. The Morgan fingerprint density at radius 1 is 1.45 bits per heavy atom. The average molecular weight is 312 g/mol. The van der Waals surface area contributed by atoms with Gasteiger partial charge in [0.15, 0.2) is 0 Å². The van der Waals surface area contributed by atoms with Gasteiger partial charge in [-0.3, -0.25) is 0 Å². The molecule has 0 unspecified atom stereocenters. The van der Waals surface area contributed by atoms with E-state index in [2.05, 4.69) is 11.8 Å². The van der Waals surface area contributed by atoms with Crippen molar-refractivity contribution in [3.63, 3.8) is 0 Å². The van der Waals surface area contributed by atoms with E-state index in [9.17, 15) is 8.42 Å². The Bertz CT molecular complexity index is 605. The first kappa shape index (κ1) is 15.5. The first-order valence-electron chi connectivity index (χ1n) is 6.75. The van der Waals surface area contributed by atoms with E-state index in [0.717, 1.165) is 36.1 Å². The molecule has 2 N–H and O–H groups in total. The third-order valence-electron chi connectivity index (χ3n) is 3.53. The molecule has 0 aromatic carbocycles. The quantitative estimate of drug-likeness (QED) is 0.862. The summed E-state index contributed by atoms with van der Waals surface area (Å²) in [5.74, 6) is 5.77. The molecule has 1 aromatic rings. The summed E-state index contributed by atoms with van der Waals surface area (Å²) in [6, 6.07) is 1.94. The number of sulfonamides is 1. The van der Waals surface area contributed by atoms with Crippen LogP contribution in [0.1, 0.15) is 36.1 Å². The van der Waals surface area contributed by atoms with Crippen LogP contribution in [0, 0.1) is 11.8 Å². The summed E-state index contributed by atoms with van der Waals surface area (Å²) in [5.41, 5.74) is 6.32. The Morgan fingerprint density at radius 3 is 2.80 bits per heavy atom. The second-order valence-electron chi connectivity index (χ2n) is 5.03. The monoisotopic (exact) mass is 312 g/mol. The van der Waals surface area contributed by atoms with Crippen molar-refractivity contribution in [1.82, 2.24) is 4.31 Å². The predicted molar refractivity (Wildman–Crippen MR) is 82.9 cm³/mol. The molecule has 0 aliphatic heterocycles. The van der Waals surface area contributed by atoms with Gasteiger partial charge in [-0.15, -0.1) is 11.3 Å². The molecule has 2 rings (SSSR count). The number of nitrogens with two attached hydrogens (primary N) is 1. The summed E-state index contributed by atoms with van der Waals surface area (Å²) in [4.78, 5) is 0.928. The van der Waals surface area contributed by atoms with Crippen LogP contribution in [0.5, 0.6) is 0 Å². The number of hydrogen-bond donors (Lipinski definition) is 1. The van der Waals surface area contributed by atoms with Gasteiger partial charge in [-0.2, -0.15) is 0 Å². The van der Waals surface area contributed by atoms with E-state index in [1.165, 1.54) is 15.6 Å². The van der Waals surface area contributed by atoms with Crippen molar-refractivity contribution in [2.24, 2.45) is 5.73 Å². The summed E-state index contributed by atoms with van der Waals surface area (Å²) in [7, 11) is -1.50. The normalized spacial score (nSPS) is 16.4. The predicted octanol–water partition coefficient (Wildman–Crippen LogP) is 1.76. The minimum absolute atomic E-state index is 0.192. The first-order valence-corrected chi connectivity index (χ1v) is 9.14. The molecule has 0 atom stereocenters. The molecular formula is C14H20N2O2S2. The van der Waals surface area contributed by atoms with Crippen molar-refractivity contribution in [2.45, 2.75) is 37.5 Å². The summed E-state index contributed by atoms with van der Waals surface area (Å²) in [5, 5.41) is 1.77. The maximum absolute atomic E-state index is 12.4. The van der Waals surface area contributed by atoms with Crippen molar-refractivity contribution < 1.29 is 8.42 Å². The van der Waals surface area contributed by atoms with Gasteiger partial charge in [0.25, 0.3) is 0 Å². The molecule has 1 saturated carbocycles. The summed E-state index contributed by atoms with van der Waals surface area (Å²) >= 11 is 1.52. The second-order valence-corrected chi connectivity index (χ2v) is 8.26. The van der Waals surface area contributed by atoms with Gasteiger partial charge in [-0.05, 0) is 29.9 Å². The zero-order chi connectivity index (χ0) is 14.6. The van der Waals surface area contributed by atoms with Gasteiger partial charge in [0, 0.05) is 13.6 Å². The van der Waals surface area contributed by atoms with Crippen LogP contribution in [0.3, 0.4) is 0 Å². The van der Waals surface area contributed by atoms with E-state index in [0.29, 0.717) is 13.1 Å². The van der Waals surface area contributed by atoms with Crippen LogP contribution in [0.2, 0.25) is 0 Å². The van der Waals surface area contributed by atoms with Crippen molar-refractivity contribution in [2.75, 3.05) is 13.6 Å². The third kappa shape index (κ3) is 3.61. The van der Waals surface area contributed by atoms with Gasteiger partial charge in [-0.1, -0.05) is 24.7 Å². The first-order chi connectivity index (χ1) is 9.54. The van der Waals surface area contributed by atoms with Crippen LogP contribution >= 0.6 is 11.3 Å². The van der Waals surface area contributed by atoms with Gasteiger partial charge in [0.05, 0.1) is 16.7 Å². The van der Waals surface area contributed by atoms with Gasteiger partial charge in [0.2, 0.25) is 10.0 Å². The average Bonchev–Trinajstić information content (AvgIpc) is 3.07. The standard InChI is InChI=1S/C14H20N2O2S2/c1-16(20(17,18)14-6-2-3-7-14)10-12-9-13(19-11-12)5-4-8-15/h9,11,14H,2-3,6-8,10,15H2,1H3. The molecule has 1 aliphatic rings. The highest BCUT2D eigenvalue weighted by molar-refractivity contribution is 7.89. The lowest BCUT2D eigenvalue weighted by atomic mass is 10.3. The molecule has 20 heavy (non-hydrogen) atoms. The molecule has 1 aromatic heterocycles. The van der Waals surface area contributed by atoms with Crippen molar-refractivity contribution in [3.05, 3.63) is 21.9 Å². The van der Waals surface area contributed by atoms with Crippen LogP contribution in [-0.4, -0.2) is 31.6 Å². The van der Waals surface area contributed by atoms with Gasteiger partial charge in [0.1, 0.15) is 0 Å². The van der Waals surface area contributed by atoms with Crippen LogP contribution in [-0.2, 0) is 16.6 Å². The lowest BCUT2D eigenvalue weighted by Gasteiger charge is -2.20. The highest BCUT2D eigenvalue weighted by Crippen LogP contribution is 2.27. The molecule has 1 fully saturated rings. The Morgan fingerprint density at radius 2 is 2.15 bits per heavy atom. The summed E-state index contributed by atoms with van der Waals surface area (Å²) < 4.78 is 26.3. The molecule has 4 nitrogen and oxygen atoms in total. The highest BCUT2D eigenvalue weighted by Gasteiger charge is 2.32. The zero-order valence-corrected chi connectivity index (χ0v) is 13.3. The SMILES string of the molecule is CN(Cc1csc(C#CCN)c1)S(=O)(=O)C1CCCC1. The molecule has 6 heteroatoms. The zero-order valence-electron chi connectivity index (χ0n) is 11.6. The van der Waals surface area contributed by atoms with Gasteiger partial charge in [-0.25, -0.2) is 12.7 Å². The Balaban J connectivity index is 2.03. The molecule has 0 bridgehead atoms. The maximum atomic E-state index is 12.4. The van der Waals surface area contributed by atoms with Crippen molar-refractivity contribution in [1.29, 1.82) is 0 Å². The molecule has 0 saturated heterocycles. The van der Waals surface area contributed by atoms with Crippen molar-refractivity contribution in [3.8, 4) is 11.8 Å². The molecule has 110 valence electrons. The number of rotatable bonds is 4. The molecule has 0 amide bonds. The number of nitrogens with zero attached hydrogens (tertiary/aromatic N) is 1. The topological polar surface area (TPSA) is 63.4 Å². The van der Waals surface area contributed by atoms with E-state index in [4.69, 9.17) is 5.73 Å². The van der Waals surface area contributed by atoms with Crippen LogP contribution in [0.4, 0.5) is 0 Å². The molecule has 1 aliphatic carbocycles. The van der Waals surface area contributed by atoms with E-state index < -0.39 is 10.0 Å².